The van der Waals surface area contributed by atoms with E-state index in [2.05, 4.69) is 4.98 Å². The summed E-state index contributed by atoms with van der Waals surface area (Å²) in [5.74, 6) is -1.09. The van der Waals surface area contributed by atoms with Crippen molar-refractivity contribution in [2.45, 2.75) is 10.1 Å². The second-order valence-corrected chi connectivity index (χ2v) is 5.62. The smallest absolute Gasteiger partial charge is 0.313 e. The molecule has 1 aromatic carbocycles. The Morgan fingerprint density at radius 1 is 1.30 bits per heavy atom. The predicted molar refractivity (Wildman–Crippen MR) is 80.0 cm³/mol. The van der Waals surface area contributed by atoms with Gasteiger partial charge in [-0.25, -0.2) is 0 Å². The van der Waals surface area contributed by atoms with E-state index in [4.69, 9.17) is 5.11 Å². The van der Waals surface area contributed by atoms with Crippen molar-refractivity contribution in [2.75, 3.05) is 12.0 Å². The number of carboxylic acids is 1. The summed E-state index contributed by atoms with van der Waals surface area (Å²) < 4.78 is 1.71. The second kappa shape index (κ2) is 6.62. The third kappa shape index (κ3) is 3.64. The SMILES string of the molecule is CSc1ccc(-n2ccc(=O)nc2SCC(=O)O)cc1. The molecule has 0 fully saturated rings. The van der Waals surface area contributed by atoms with Crippen LogP contribution in [0.3, 0.4) is 0 Å². The number of aromatic nitrogens is 2. The highest BCUT2D eigenvalue weighted by molar-refractivity contribution is 7.99. The Morgan fingerprint density at radius 3 is 2.60 bits per heavy atom. The number of nitrogens with zero attached hydrogens (tertiary/aromatic N) is 2. The summed E-state index contributed by atoms with van der Waals surface area (Å²) in [6, 6.07) is 9.09. The standard InChI is InChI=1S/C13H12N2O3S2/c1-19-10-4-2-9(3-5-10)15-7-6-11(16)14-13(15)20-8-12(17)18/h2-7H,8H2,1H3,(H,17,18). The Hall–Kier alpha value is -1.73. The number of aliphatic carboxylic acids is 1. The molecule has 0 aliphatic heterocycles. The second-order valence-electron chi connectivity index (χ2n) is 3.80. The van der Waals surface area contributed by atoms with Crippen molar-refractivity contribution in [3.63, 3.8) is 0 Å². The van der Waals surface area contributed by atoms with Crippen LogP contribution in [0.4, 0.5) is 0 Å². The minimum Gasteiger partial charge on any atom is -0.481 e. The average molecular weight is 308 g/mol. The molecular weight excluding hydrogens is 296 g/mol. The first-order valence-electron chi connectivity index (χ1n) is 5.69. The summed E-state index contributed by atoms with van der Waals surface area (Å²) >= 11 is 2.66. The molecule has 0 unspecified atom stereocenters. The van der Waals surface area contributed by atoms with E-state index < -0.39 is 5.97 Å². The first-order valence-corrected chi connectivity index (χ1v) is 7.90. The van der Waals surface area contributed by atoms with Gasteiger partial charge in [0.25, 0.3) is 5.56 Å². The van der Waals surface area contributed by atoms with Crippen molar-refractivity contribution >= 4 is 29.5 Å². The molecular formula is C13H12N2O3S2. The van der Waals surface area contributed by atoms with E-state index in [1.165, 1.54) is 6.07 Å². The van der Waals surface area contributed by atoms with Crippen LogP contribution < -0.4 is 5.56 Å². The fourth-order valence-corrected chi connectivity index (χ4v) is 2.68. The molecule has 2 aromatic rings. The number of thioether (sulfide) groups is 2. The van der Waals surface area contributed by atoms with Gasteiger partial charge in [0.1, 0.15) is 0 Å². The van der Waals surface area contributed by atoms with E-state index in [0.29, 0.717) is 5.16 Å². The molecule has 1 aromatic heterocycles. The maximum absolute atomic E-state index is 11.3. The molecule has 0 aliphatic rings. The molecule has 1 N–H and O–H groups in total. The van der Waals surface area contributed by atoms with Gasteiger partial charge >= 0.3 is 5.97 Å². The minimum atomic E-state index is -0.947. The van der Waals surface area contributed by atoms with E-state index in [1.807, 2.05) is 30.5 Å². The molecule has 0 aliphatic carbocycles. The van der Waals surface area contributed by atoms with Crippen LogP contribution in [0.25, 0.3) is 5.69 Å². The van der Waals surface area contributed by atoms with E-state index in [1.54, 1.807) is 22.5 Å². The highest BCUT2D eigenvalue weighted by Crippen LogP contribution is 2.21. The molecule has 2 rings (SSSR count). The summed E-state index contributed by atoms with van der Waals surface area (Å²) in [5.41, 5.74) is 0.457. The first-order chi connectivity index (χ1) is 9.60. The van der Waals surface area contributed by atoms with Gasteiger partial charge in [0.05, 0.1) is 5.75 Å². The zero-order valence-corrected chi connectivity index (χ0v) is 12.3. The largest absolute Gasteiger partial charge is 0.481 e. The van der Waals surface area contributed by atoms with Crippen molar-refractivity contribution in [1.29, 1.82) is 0 Å². The number of hydrogen-bond acceptors (Lipinski definition) is 5. The predicted octanol–water partition coefficient (Wildman–Crippen LogP) is 2.13. The molecule has 7 heteroatoms. The Balaban J connectivity index is 2.38. The highest BCUT2D eigenvalue weighted by Gasteiger charge is 2.08. The zero-order valence-electron chi connectivity index (χ0n) is 10.6. The van der Waals surface area contributed by atoms with Gasteiger partial charge < -0.3 is 5.11 Å². The summed E-state index contributed by atoms with van der Waals surface area (Å²) in [5, 5.41) is 9.11. The van der Waals surface area contributed by atoms with Gasteiger partial charge in [0, 0.05) is 22.8 Å². The molecule has 5 nitrogen and oxygen atoms in total. The Kier molecular flexibility index (Phi) is 4.86. The van der Waals surface area contributed by atoms with Gasteiger partial charge in [0.15, 0.2) is 5.16 Å². The van der Waals surface area contributed by atoms with Gasteiger partial charge in [0.2, 0.25) is 0 Å². The molecule has 0 saturated carbocycles. The highest BCUT2D eigenvalue weighted by atomic mass is 32.2. The molecule has 0 bridgehead atoms. The van der Waals surface area contributed by atoms with Crippen LogP contribution in [-0.2, 0) is 4.79 Å². The van der Waals surface area contributed by atoms with Crippen molar-refractivity contribution in [3.8, 4) is 5.69 Å². The average Bonchev–Trinajstić information content (AvgIpc) is 2.45. The number of carbonyl (C=O) groups is 1. The van der Waals surface area contributed by atoms with Gasteiger partial charge in [-0.2, -0.15) is 4.98 Å². The van der Waals surface area contributed by atoms with Crippen LogP contribution in [0.5, 0.6) is 0 Å². The summed E-state index contributed by atoms with van der Waals surface area (Å²) in [7, 11) is 0. The maximum atomic E-state index is 11.3. The van der Waals surface area contributed by atoms with Gasteiger partial charge in [-0.1, -0.05) is 11.8 Å². The van der Waals surface area contributed by atoms with Gasteiger partial charge in [-0.05, 0) is 30.5 Å². The minimum absolute atomic E-state index is 0.140. The maximum Gasteiger partial charge on any atom is 0.313 e. The van der Waals surface area contributed by atoms with E-state index in [0.717, 1.165) is 22.3 Å². The molecule has 20 heavy (non-hydrogen) atoms. The molecule has 0 amide bonds. The van der Waals surface area contributed by atoms with Crippen LogP contribution in [0.15, 0.2) is 51.4 Å². The fourth-order valence-electron chi connectivity index (χ4n) is 1.55. The summed E-state index contributed by atoms with van der Waals surface area (Å²) in [6.45, 7) is 0. The first kappa shape index (κ1) is 14.7. The van der Waals surface area contributed by atoms with Crippen molar-refractivity contribution in [2.24, 2.45) is 0 Å². The number of carboxylic acid groups (broad SMARTS) is 1. The zero-order chi connectivity index (χ0) is 14.5. The molecule has 104 valence electrons. The lowest BCUT2D eigenvalue weighted by molar-refractivity contribution is -0.133. The van der Waals surface area contributed by atoms with Crippen molar-refractivity contribution in [3.05, 3.63) is 46.9 Å². The molecule has 0 saturated heterocycles. The van der Waals surface area contributed by atoms with Crippen molar-refractivity contribution < 1.29 is 9.90 Å². The van der Waals surface area contributed by atoms with Gasteiger partial charge in [-0.15, -0.1) is 11.8 Å². The van der Waals surface area contributed by atoms with Crippen LogP contribution in [0, 0.1) is 0 Å². The third-order valence-corrected chi connectivity index (χ3v) is 4.13. The molecule has 1 heterocycles. The van der Waals surface area contributed by atoms with Crippen molar-refractivity contribution in [1.82, 2.24) is 9.55 Å². The lowest BCUT2D eigenvalue weighted by Crippen LogP contribution is -2.13. The van der Waals surface area contributed by atoms with E-state index in [9.17, 15) is 9.59 Å². The summed E-state index contributed by atoms with van der Waals surface area (Å²) in [4.78, 5) is 27.0. The quantitative estimate of drug-likeness (QED) is 0.674. The summed E-state index contributed by atoms with van der Waals surface area (Å²) in [6.07, 6.45) is 3.59. The number of hydrogen-bond donors (Lipinski definition) is 1. The van der Waals surface area contributed by atoms with Gasteiger partial charge in [-0.3, -0.25) is 14.2 Å². The Morgan fingerprint density at radius 2 is 2.00 bits per heavy atom. The van der Waals surface area contributed by atoms with Crippen LogP contribution in [-0.4, -0.2) is 32.6 Å². The van der Waals surface area contributed by atoms with Crippen LogP contribution in [0.1, 0.15) is 0 Å². The van der Waals surface area contributed by atoms with Crippen LogP contribution in [0.2, 0.25) is 0 Å². The number of benzene rings is 1. The fraction of sp³-hybridized carbons (Fsp3) is 0.154. The Bertz CT molecular complexity index is 668. The molecule has 0 radical (unpaired) electrons. The lowest BCUT2D eigenvalue weighted by atomic mass is 10.3. The molecule has 0 spiro atoms. The topological polar surface area (TPSA) is 72.2 Å². The lowest BCUT2D eigenvalue weighted by Gasteiger charge is -2.11. The molecule has 0 atom stereocenters. The van der Waals surface area contributed by atoms with Crippen LogP contribution >= 0.6 is 23.5 Å². The Labute approximate surface area is 124 Å². The normalized spacial score (nSPS) is 10.4. The van der Waals surface area contributed by atoms with E-state index in [-0.39, 0.29) is 11.3 Å². The third-order valence-electron chi connectivity index (χ3n) is 2.45. The van der Waals surface area contributed by atoms with E-state index >= 15 is 0 Å². The monoisotopic (exact) mass is 308 g/mol. The number of rotatable bonds is 5.